The molecule has 1 aromatic heterocycles. The molecule has 0 spiro atoms. The summed E-state index contributed by atoms with van der Waals surface area (Å²) in [5, 5.41) is 9.24. The number of halogens is 1. The molecule has 0 saturated carbocycles. The van der Waals surface area contributed by atoms with Crippen LogP contribution in [0.1, 0.15) is 5.56 Å². The summed E-state index contributed by atoms with van der Waals surface area (Å²) < 4.78 is 12.9. The van der Waals surface area contributed by atoms with Crippen LogP contribution in [0.25, 0.3) is 10.9 Å². The van der Waals surface area contributed by atoms with Crippen LogP contribution in [-0.4, -0.2) is 16.1 Å². The largest absolute Gasteiger partial charge is 0.481 e. The number of fused-ring (bicyclic) bond motifs is 1. The summed E-state index contributed by atoms with van der Waals surface area (Å²) in [4.78, 5) is 13.4. The molecule has 1 aromatic carbocycles. The Morgan fingerprint density at radius 2 is 2.29 bits per heavy atom. The normalized spacial score (nSPS) is 10.6. The van der Waals surface area contributed by atoms with Crippen LogP contribution in [0, 0.1) is 5.82 Å². The molecule has 0 aliphatic rings. The first-order valence-corrected chi connectivity index (χ1v) is 4.14. The minimum Gasteiger partial charge on any atom is -0.481 e. The lowest BCUT2D eigenvalue weighted by Crippen LogP contribution is -1.98. The SMILES string of the molecule is O=C(O)Cc1c[nH]c2ccc(F)cc12. The van der Waals surface area contributed by atoms with Crippen molar-refractivity contribution in [2.45, 2.75) is 6.42 Å². The van der Waals surface area contributed by atoms with Crippen LogP contribution in [-0.2, 0) is 11.2 Å². The summed E-state index contributed by atoms with van der Waals surface area (Å²) in [6.45, 7) is 0. The Morgan fingerprint density at radius 1 is 1.50 bits per heavy atom. The van der Waals surface area contributed by atoms with E-state index in [0.717, 1.165) is 5.52 Å². The van der Waals surface area contributed by atoms with E-state index in [0.29, 0.717) is 10.9 Å². The van der Waals surface area contributed by atoms with Crippen molar-refractivity contribution in [3.63, 3.8) is 0 Å². The van der Waals surface area contributed by atoms with Gasteiger partial charge in [0.1, 0.15) is 5.82 Å². The third-order valence-electron chi connectivity index (χ3n) is 2.07. The minimum absolute atomic E-state index is 0.0938. The number of benzene rings is 1. The van der Waals surface area contributed by atoms with E-state index in [1.165, 1.54) is 12.1 Å². The first-order valence-electron chi connectivity index (χ1n) is 4.14. The van der Waals surface area contributed by atoms with Crippen LogP contribution in [0.4, 0.5) is 4.39 Å². The van der Waals surface area contributed by atoms with E-state index in [2.05, 4.69) is 4.98 Å². The van der Waals surface area contributed by atoms with Crippen LogP contribution in [0.3, 0.4) is 0 Å². The lowest BCUT2D eigenvalue weighted by molar-refractivity contribution is -0.136. The van der Waals surface area contributed by atoms with E-state index in [4.69, 9.17) is 5.11 Å². The van der Waals surface area contributed by atoms with Gasteiger partial charge in [-0.25, -0.2) is 4.39 Å². The van der Waals surface area contributed by atoms with Gasteiger partial charge in [-0.3, -0.25) is 4.79 Å². The zero-order valence-electron chi connectivity index (χ0n) is 7.25. The number of carbonyl (C=O) groups is 1. The van der Waals surface area contributed by atoms with E-state index in [9.17, 15) is 9.18 Å². The zero-order valence-corrected chi connectivity index (χ0v) is 7.25. The third kappa shape index (κ3) is 1.46. The van der Waals surface area contributed by atoms with Crippen molar-refractivity contribution in [2.24, 2.45) is 0 Å². The molecule has 0 aliphatic carbocycles. The average Bonchev–Trinajstić information content (AvgIpc) is 2.47. The standard InChI is InChI=1S/C10H8FNO2/c11-7-1-2-9-8(4-7)6(5-12-9)3-10(13)14/h1-2,4-5,12H,3H2,(H,13,14). The predicted molar refractivity (Wildman–Crippen MR) is 49.6 cm³/mol. The molecule has 0 saturated heterocycles. The fraction of sp³-hybridized carbons (Fsp3) is 0.100. The van der Waals surface area contributed by atoms with Gasteiger partial charge in [0.05, 0.1) is 6.42 Å². The van der Waals surface area contributed by atoms with Crippen molar-refractivity contribution < 1.29 is 14.3 Å². The highest BCUT2D eigenvalue weighted by atomic mass is 19.1. The Labute approximate surface area is 79.2 Å². The molecule has 4 heteroatoms. The molecular weight excluding hydrogens is 185 g/mol. The fourth-order valence-corrected chi connectivity index (χ4v) is 1.46. The fourth-order valence-electron chi connectivity index (χ4n) is 1.46. The molecule has 72 valence electrons. The van der Waals surface area contributed by atoms with Crippen LogP contribution in [0.2, 0.25) is 0 Å². The summed E-state index contributed by atoms with van der Waals surface area (Å²) in [7, 11) is 0. The summed E-state index contributed by atoms with van der Waals surface area (Å²) in [6.07, 6.45) is 1.50. The molecule has 2 rings (SSSR count). The molecule has 0 aliphatic heterocycles. The van der Waals surface area contributed by atoms with Gasteiger partial charge in [-0.05, 0) is 23.8 Å². The molecule has 1 heterocycles. The number of aliphatic carboxylic acids is 1. The number of aromatic nitrogens is 1. The van der Waals surface area contributed by atoms with Gasteiger partial charge in [-0.1, -0.05) is 0 Å². The predicted octanol–water partition coefficient (Wildman–Crippen LogP) is 1.93. The van der Waals surface area contributed by atoms with Crippen LogP contribution in [0.5, 0.6) is 0 Å². The zero-order chi connectivity index (χ0) is 10.1. The molecule has 0 unspecified atom stereocenters. The van der Waals surface area contributed by atoms with Gasteiger partial charge in [-0.2, -0.15) is 0 Å². The second-order valence-electron chi connectivity index (χ2n) is 3.07. The van der Waals surface area contributed by atoms with Crippen molar-refractivity contribution in [1.29, 1.82) is 0 Å². The average molecular weight is 193 g/mol. The van der Waals surface area contributed by atoms with E-state index in [1.54, 1.807) is 12.3 Å². The van der Waals surface area contributed by atoms with Crippen LogP contribution >= 0.6 is 0 Å². The molecule has 2 aromatic rings. The van der Waals surface area contributed by atoms with Crippen molar-refractivity contribution >= 4 is 16.9 Å². The summed E-state index contributed by atoms with van der Waals surface area (Å²) >= 11 is 0. The molecule has 3 nitrogen and oxygen atoms in total. The highest BCUT2D eigenvalue weighted by molar-refractivity contribution is 5.86. The van der Waals surface area contributed by atoms with Crippen molar-refractivity contribution in [3.05, 3.63) is 35.8 Å². The van der Waals surface area contributed by atoms with Gasteiger partial charge in [0, 0.05) is 17.1 Å². The molecule has 0 atom stereocenters. The molecule has 14 heavy (non-hydrogen) atoms. The molecular formula is C10H8FNO2. The van der Waals surface area contributed by atoms with Gasteiger partial charge in [0.15, 0.2) is 0 Å². The Kier molecular flexibility index (Phi) is 1.96. The van der Waals surface area contributed by atoms with Crippen molar-refractivity contribution in [1.82, 2.24) is 4.98 Å². The number of aromatic amines is 1. The van der Waals surface area contributed by atoms with Crippen molar-refractivity contribution in [2.75, 3.05) is 0 Å². The van der Waals surface area contributed by atoms with Crippen LogP contribution in [0.15, 0.2) is 24.4 Å². The summed E-state index contributed by atoms with van der Waals surface area (Å²) in [6, 6.07) is 4.27. The first kappa shape index (κ1) is 8.74. The Morgan fingerprint density at radius 3 is 3.00 bits per heavy atom. The quantitative estimate of drug-likeness (QED) is 0.765. The van der Waals surface area contributed by atoms with Crippen LogP contribution < -0.4 is 0 Å². The van der Waals surface area contributed by atoms with Gasteiger partial charge in [0.25, 0.3) is 0 Å². The molecule has 2 N–H and O–H groups in total. The minimum atomic E-state index is -0.921. The van der Waals surface area contributed by atoms with E-state index in [1.807, 2.05) is 0 Å². The molecule has 0 radical (unpaired) electrons. The summed E-state index contributed by atoms with van der Waals surface area (Å²) in [5.41, 5.74) is 1.36. The maximum atomic E-state index is 12.9. The number of H-pyrrole nitrogens is 1. The number of carboxylic acid groups (broad SMARTS) is 1. The highest BCUT2D eigenvalue weighted by Gasteiger charge is 2.07. The lowest BCUT2D eigenvalue weighted by atomic mass is 10.1. The van der Waals surface area contributed by atoms with Gasteiger partial charge < -0.3 is 10.1 Å². The van der Waals surface area contributed by atoms with Gasteiger partial charge >= 0.3 is 5.97 Å². The lowest BCUT2D eigenvalue weighted by Gasteiger charge is -1.94. The monoisotopic (exact) mass is 193 g/mol. The maximum absolute atomic E-state index is 12.9. The number of nitrogens with one attached hydrogen (secondary N) is 1. The number of hydrogen-bond acceptors (Lipinski definition) is 1. The molecule has 0 bridgehead atoms. The van der Waals surface area contributed by atoms with E-state index >= 15 is 0 Å². The van der Waals surface area contributed by atoms with Gasteiger partial charge in [-0.15, -0.1) is 0 Å². The second-order valence-corrected chi connectivity index (χ2v) is 3.07. The van der Waals surface area contributed by atoms with E-state index < -0.39 is 5.97 Å². The molecule has 0 amide bonds. The number of hydrogen-bond donors (Lipinski definition) is 2. The third-order valence-corrected chi connectivity index (χ3v) is 2.07. The topological polar surface area (TPSA) is 53.1 Å². The Hall–Kier alpha value is -1.84. The smallest absolute Gasteiger partial charge is 0.307 e. The maximum Gasteiger partial charge on any atom is 0.307 e. The Balaban J connectivity index is 2.55. The highest BCUT2D eigenvalue weighted by Crippen LogP contribution is 2.19. The Bertz CT molecular complexity index is 490. The van der Waals surface area contributed by atoms with E-state index in [-0.39, 0.29) is 12.2 Å². The number of carboxylic acids is 1. The van der Waals surface area contributed by atoms with Crippen molar-refractivity contribution in [3.8, 4) is 0 Å². The molecule has 0 fully saturated rings. The number of rotatable bonds is 2. The first-order chi connectivity index (χ1) is 6.66. The second kappa shape index (κ2) is 3.14. The van der Waals surface area contributed by atoms with Gasteiger partial charge in [0.2, 0.25) is 0 Å². The summed E-state index contributed by atoms with van der Waals surface area (Å²) in [5.74, 6) is -1.28.